The zero-order valence-electron chi connectivity index (χ0n) is 15.6. The normalized spacial score (nSPS) is 20.0. The first-order valence-corrected chi connectivity index (χ1v) is 9.33. The number of carbonyl (C=O) groups is 3. The number of hydrogen-bond acceptors (Lipinski definition) is 4. The van der Waals surface area contributed by atoms with Gasteiger partial charge in [0.25, 0.3) is 5.91 Å². The molecule has 7 nitrogen and oxygen atoms in total. The predicted octanol–water partition coefficient (Wildman–Crippen LogP) is 2.77. The maximum Gasteiger partial charge on any atom is 0.325 e. The zero-order chi connectivity index (χ0) is 20.3. The molecule has 2 unspecified atom stereocenters. The van der Waals surface area contributed by atoms with Crippen LogP contribution in [0.3, 0.4) is 0 Å². The van der Waals surface area contributed by atoms with Crippen LogP contribution in [-0.2, 0) is 15.1 Å². The Morgan fingerprint density at radius 3 is 2.57 bits per heavy atom. The van der Waals surface area contributed by atoms with Crippen molar-refractivity contribution in [1.82, 2.24) is 20.5 Å². The molecule has 8 heteroatoms. The molecule has 1 aliphatic heterocycles. The molecule has 1 fully saturated rings. The van der Waals surface area contributed by atoms with Crippen molar-refractivity contribution in [2.75, 3.05) is 6.54 Å². The first-order valence-electron chi connectivity index (χ1n) is 8.95. The number of benzene rings is 1. The number of urea groups is 1. The van der Waals surface area contributed by atoms with E-state index in [-0.39, 0.29) is 12.6 Å². The quantitative estimate of drug-likeness (QED) is 0.729. The number of aromatic nitrogens is 1. The predicted molar refractivity (Wildman–Crippen MR) is 104 cm³/mol. The van der Waals surface area contributed by atoms with Gasteiger partial charge in [0, 0.05) is 11.2 Å². The number of pyridine rings is 1. The molecular weight excluding hydrogens is 380 g/mol. The second-order valence-corrected chi connectivity index (χ2v) is 7.18. The number of amides is 4. The molecule has 4 amide bonds. The van der Waals surface area contributed by atoms with Crippen molar-refractivity contribution >= 4 is 29.4 Å². The largest absolute Gasteiger partial charge is 0.348 e. The van der Waals surface area contributed by atoms with E-state index in [0.717, 1.165) is 10.5 Å². The summed E-state index contributed by atoms with van der Waals surface area (Å²) in [5.74, 6) is -0.929. The first-order chi connectivity index (χ1) is 13.3. The van der Waals surface area contributed by atoms with Gasteiger partial charge in [0.15, 0.2) is 5.54 Å². The van der Waals surface area contributed by atoms with Crippen molar-refractivity contribution in [2.24, 2.45) is 0 Å². The lowest BCUT2D eigenvalue weighted by molar-refractivity contribution is -0.135. The third-order valence-corrected chi connectivity index (χ3v) is 5.02. The van der Waals surface area contributed by atoms with E-state index in [2.05, 4.69) is 15.6 Å². The van der Waals surface area contributed by atoms with Crippen LogP contribution in [0.15, 0.2) is 48.7 Å². The van der Waals surface area contributed by atoms with Crippen LogP contribution in [-0.4, -0.2) is 34.3 Å². The van der Waals surface area contributed by atoms with Gasteiger partial charge in [-0.05, 0) is 43.2 Å². The fraction of sp³-hybridized carbons (Fsp3) is 0.300. The number of nitrogens with zero attached hydrogens (tertiary/aromatic N) is 2. The minimum absolute atomic E-state index is 0.243. The Labute approximate surface area is 168 Å². The lowest BCUT2D eigenvalue weighted by Gasteiger charge is -2.22. The first kappa shape index (κ1) is 19.8. The van der Waals surface area contributed by atoms with Gasteiger partial charge >= 0.3 is 6.03 Å². The minimum Gasteiger partial charge on any atom is -0.348 e. The van der Waals surface area contributed by atoms with Gasteiger partial charge in [-0.25, -0.2) is 4.79 Å². The third kappa shape index (κ3) is 3.84. The van der Waals surface area contributed by atoms with E-state index in [4.69, 9.17) is 11.6 Å². The van der Waals surface area contributed by atoms with E-state index in [0.29, 0.717) is 17.1 Å². The Kier molecular flexibility index (Phi) is 5.65. The van der Waals surface area contributed by atoms with Gasteiger partial charge in [-0.3, -0.25) is 19.5 Å². The Hall–Kier alpha value is -2.93. The summed E-state index contributed by atoms with van der Waals surface area (Å²) in [6.07, 6.45) is 2.20. The van der Waals surface area contributed by atoms with E-state index in [1.54, 1.807) is 43.5 Å². The molecule has 0 saturated carbocycles. The van der Waals surface area contributed by atoms with Gasteiger partial charge in [0.2, 0.25) is 5.91 Å². The Morgan fingerprint density at radius 2 is 1.96 bits per heavy atom. The molecule has 1 saturated heterocycles. The van der Waals surface area contributed by atoms with Gasteiger partial charge in [0.05, 0.1) is 11.7 Å². The van der Waals surface area contributed by atoms with Crippen LogP contribution in [0, 0.1) is 0 Å². The highest BCUT2D eigenvalue weighted by atomic mass is 35.5. The summed E-state index contributed by atoms with van der Waals surface area (Å²) in [4.78, 5) is 42.8. The van der Waals surface area contributed by atoms with Gasteiger partial charge in [-0.2, -0.15) is 0 Å². The summed E-state index contributed by atoms with van der Waals surface area (Å²) in [6, 6.07) is 11.4. The van der Waals surface area contributed by atoms with Crippen LogP contribution in [0.2, 0.25) is 5.02 Å². The molecule has 28 heavy (non-hydrogen) atoms. The summed E-state index contributed by atoms with van der Waals surface area (Å²) in [7, 11) is 0. The average molecular weight is 401 g/mol. The second-order valence-electron chi connectivity index (χ2n) is 6.74. The molecule has 0 bridgehead atoms. The van der Waals surface area contributed by atoms with Gasteiger partial charge in [0.1, 0.15) is 6.54 Å². The summed E-state index contributed by atoms with van der Waals surface area (Å²) < 4.78 is 0. The van der Waals surface area contributed by atoms with Gasteiger partial charge < -0.3 is 10.6 Å². The summed E-state index contributed by atoms with van der Waals surface area (Å²) in [5, 5.41) is 6.11. The Bertz CT molecular complexity index is 888. The molecule has 0 radical (unpaired) electrons. The lowest BCUT2D eigenvalue weighted by Crippen LogP contribution is -2.44. The van der Waals surface area contributed by atoms with E-state index in [1.807, 2.05) is 19.1 Å². The van der Waals surface area contributed by atoms with Crippen molar-refractivity contribution in [1.29, 1.82) is 0 Å². The third-order valence-electron chi connectivity index (χ3n) is 4.77. The molecule has 2 atom stereocenters. The van der Waals surface area contributed by atoms with Crippen LogP contribution in [0.4, 0.5) is 4.79 Å². The van der Waals surface area contributed by atoms with Crippen LogP contribution in [0.25, 0.3) is 0 Å². The average Bonchev–Trinajstić information content (AvgIpc) is 2.91. The van der Waals surface area contributed by atoms with E-state index >= 15 is 0 Å². The number of imide groups is 1. The van der Waals surface area contributed by atoms with Crippen LogP contribution in [0.5, 0.6) is 0 Å². The SMILES string of the molecule is CCC(NC(=O)CN1C(=O)NC(C)(c2ccccn2)C1=O)c1ccc(Cl)cc1. The number of hydrogen-bond donors (Lipinski definition) is 2. The molecule has 1 aromatic heterocycles. The fourth-order valence-electron chi connectivity index (χ4n) is 3.17. The molecule has 2 N–H and O–H groups in total. The van der Waals surface area contributed by atoms with Crippen molar-refractivity contribution in [2.45, 2.75) is 31.8 Å². The zero-order valence-corrected chi connectivity index (χ0v) is 16.4. The highest BCUT2D eigenvalue weighted by Crippen LogP contribution is 2.27. The smallest absolute Gasteiger partial charge is 0.325 e. The monoisotopic (exact) mass is 400 g/mol. The minimum atomic E-state index is -1.29. The summed E-state index contributed by atoms with van der Waals surface area (Å²) in [6.45, 7) is 3.15. The summed E-state index contributed by atoms with van der Waals surface area (Å²) in [5.41, 5.74) is 0.0264. The maximum atomic E-state index is 12.8. The van der Waals surface area contributed by atoms with E-state index in [9.17, 15) is 14.4 Å². The number of carbonyl (C=O) groups excluding carboxylic acids is 3. The second kappa shape index (κ2) is 7.98. The van der Waals surface area contributed by atoms with Crippen molar-refractivity contribution in [3.05, 3.63) is 64.9 Å². The highest BCUT2D eigenvalue weighted by Gasteiger charge is 2.50. The highest BCUT2D eigenvalue weighted by molar-refractivity contribution is 6.30. The van der Waals surface area contributed by atoms with Crippen molar-refractivity contribution in [3.8, 4) is 0 Å². The van der Waals surface area contributed by atoms with Crippen LogP contribution >= 0.6 is 11.6 Å². The van der Waals surface area contributed by atoms with Gasteiger partial charge in [-0.1, -0.05) is 36.7 Å². The fourth-order valence-corrected chi connectivity index (χ4v) is 3.30. The molecular formula is C20H21ClN4O3. The molecule has 0 aliphatic carbocycles. The van der Waals surface area contributed by atoms with Crippen molar-refractivity contribution in [3.63, 3.8) is 0 Å². The molecule has 1 aromatic carbocycles. The maximum absolute atomic E-state index is 12.8. The summed E-state index contributed by atoms with van der Waals surface area (Å²) >= 11 is 5.91. The number of halogens is 1. The molecule has 2 aromatic rings. The van der Waals surface area contributed by atoms with Crippen LogP contribution < -0.4 is 10.6 Å². The Balaban J connectivity index is 1.70. The molecule has 2 heterocycles. The molecule has 3 rings (SSSR count). The molecule has 146 valence electrons. The number of nitrogens with one attached hydrogen (secondary N) is 2. The Morgan fingerprint density at radius 1 is 1.25 bits per heavy atom. The van der Waals surface area contributed by atoms with Crippen molar-refractivity contribution < 1.29 is 14.4 Å². The molecule has 0 spiro atoms. The standard InChI is InChI=1S/C20H21ClN4O3/c1-3-15(13-7-9-14(21)10-8-13)23-17(26)12-25-18(27)20(2,24-19(25)28)16-6-4-5-11-22-16/h4-11,15H,3,12H2,1-2H3,(H,23,26)(H,24,28). The molecule has 1 aliphatic rings. The topological polar surface area (TPSA) is 91.4 Å². The van der Waals surface area contributed by atoms with Gasteiger partial charge in [-0.15, -0.1) is 0 Å². The van der Waals surface area contributed by atoms with E-state index < -0.39 is 23.4 Å². The number of rotatable bonds is 6. The van der Waals surface area contributed by atoms with E-state index in [1.165, 1.54) is 0 Å². The van der Waals surface area contributed by atoms with Crippen LogP contribution in [0.1, 0.15) is 37.6 Å². The lowest BCUT2D eigenvalue weighted by atomic mass is 9.97.